The lowest BCUT2D eigenvalue weighted by molar-refractivity contribution is 0.0240. The third-order valence-corrected chi connectivity index (χ3v) is 29.6. The van der Waals surface area contributed by atoms with Crippen LogP contribution in [0.15, 0.2) is 236 Å². The van der Waals surface area contributed by atoms with Gasteiger partial charge < -0.3 is 40.7 Å². The van der Waals surface area contributed by atoms with Crippen molar-refractivity contribution < 1.29 is 53.4 Å². The molecule has 12 heterocycles. The SMILES string of the molecule is CC(C)(C)OC(=O)N1CCN(c2nc3ccc(F)cc3c3c(=O)c4cc(F)ccc4sc23)CC1.CCCNc1nc2ccc(F)cc2c2c(=O)c3cc(F)ccc3sc12.CCCNc1nc2ccccc2c2c(=O)c3cc(F)cc(F)c3sc12.O=c1c2cc(F)cc(F)c2sc2c(NCc3ccccc3)nc3ccccc3c12.O=c1c2cc(F)ccc2sc2c(N3CCNCC3)nc3ccc(F)cc3c12. The van der Waals surface area contributed by atoms with Gasteiger partial charge in [-0.05, 0) is 173 Å². The van der Waals surface area contributed by atoms with Crippen LogP contribution in [-0.2, 0) is 11.3 Å². The van der Waals surface area contributed by atoms with Gasteiger partial charge >= 0.3 is 6.09 Å². The lowest BCUT2D eigenvalue weighted by atomic mass is 10.1. The molecule has 10 aromatic heterocycles. The molecule has 2 saturated heterocycles. The topological polar surface area (TPSA) is 234 Å². The molecule has 0 aliphatic carbocycles. The van der Waals surface area contributed by atoms with Crippen LogP contribution in [0.3, 0.4) is 0 Å². The summed E-state index contributed by atoms with van der Waals surface area (Å²) in [6, 6.07) is 53.3. The smallest absolute Gasteiger partial charge is 0.410 e. The van der Waals surface area contributed by atoms with Gasteiger partial charge in [-0.2, -0.15) is 0 Å². The molecule has 0 saturated carbocycles. The Labute approximate surface area is 808 Å². The summed E-state index contributed by atoms with van der Waals surface area (Å²) in [6.45, 7) is 16.5. The molecule has 0 radical (unpaired) electrons. The maximum absolute atomic E-state index is 14.4. The summed E-state index contributed by atoms with van der Waals surface area (Å²) < 4.78 is 150. The van der Waals surface area contributed by atoms with E-state index in [0.717, 1.165) is 102 Å². The van der Waals surface area contributed by atoms with Crippen LogP contribution in [-0.4, -0.2) is 107 Å². The number of benzene rings is 11. The van der Waals surface area contributed by atoms with E-state index in [-0.39, 0.29) is 53.4 Å². The lowest BCUT2D eigenvalue weighted by Gasteiger charge is -2.36. The minimum Gasteiger partial charge on any atom is -0.444 e. The fraction of sp³-hybridized carbons (Fsp3) is 0.179. The van der Waals surface area contributed by atoms with Crippen LogP contribution in [0, 0.1) is 58.2 Å². The largest absolute Gasteiger partial charge is 0.444 e. The average Bonchev–Trinajstić information content (AvgIpc) is 0.758. The van der Waals surface area contributed by atoms with Crippen molar-refractivity contribution in [3.05, 3.63) is 327 Å². The Hall–Kier alpha value is -14.6. The number of halogens is 10. The highest BCUT2D eigenvalue weighted by molar-refractivity contribution is 7.27. The number of pyridine rings is 5. The molecule has 11 aromatic carbocycles. The van der Waals surface area contributed by atoms with Gasteiger partial charge in [-0.15, -0.1) is 56.7 Å². The number of nitrogens with zero attached hydrogens (tertiary/aromatic N) is 8. The van der Waals surface area contributed by atoms with Gasteiger partial charge in [0, 0.05) is 152 Å². The van der Waals surface area contributed by atoms with Crippen molar-refractivity contribution in [2.45, 2.75) is 59.6 Å². The normalized spacial score (nSPS) is 13.0. The Kier molecular flexibility index (Phi) is 26.6. The molecular weight excluding hydrogens is 1900 g/mol. The average molecular weight is 1980 g/mol. The van der Waals surface area contributed by atoms with Crippen molar-refractivity contribution in [3.63, 3.8) is 0 Å². The summed E-state index contributed by atoms with van der Waals surface area (Å²) in [4.78, 5) is 108. The van der Waals surface area contributed by atoms with E-state index in [2.05, 4.69) is 41.1 Å². The second-order valence-electron chi connectivity index (χ2n) is 34.3. The highest BCUT2D eigenvalue weighted by atomic mass is 32.1. The number of anilines is 5. The van der Waals surface area contributed by atoms with Crippen LogP contribution < -0.4 is 58.2 Å². The molecule has 1 amide bonds. The monoisotopic (exact) mass is 1980 g/mol. The predicted octanol–water partition coefficient (Wildman–Crippen LogP) is 24.9. The number of carbonyl (C=O) groups excluding carboxylic acids is 1. The first-order valence-corrected chi connectivity index (χ1v) is 48.8. The zero-order valence-corrected chi connectivity index (χ0v) is 79.2. The summed E-state index contributed by atoms with van der Waals surface area (Å²) in [5.74, 6) is -2.75. The standard InChI is InChI=1S/C25H23F2N3O3S.C23H14F2N2OS.C20H15F2N3OS.2C19H14F2N2OS/c1-25(2,3)33-24(32)30-10-8-29(9-11-30)23-22-20(16-12-14(26)4-6-18(16)28-23)21(31)17-13-15(27)5-7-19(17)34-22;24-14-10-16-20(28)19-15-8-4-5-9-18(15)27-23(22(19)29-21(16)17(25)11-14)26-12-13-6-2-1-3-7-13;21-11-1-3-15-13(9-11)17-18(26)14-10-12(22)2-4-16(14)27-19(17)20(24-15)25-7-5-23-6-8-25;1-2-7-22-19-18-16(12-8-10(20)3-5-14(12)23-19)17(24)13-9-11(21)4-6-15(13)25-18;1-2-7-22-19-18-15(11-5-3-4-6-14(11)23-19)16(24)12-8-10(20)9-13(21)17(12)25-18/h4-7,12-13H,8-11H2,1-3H3;1-11H,12H2,(H,26,27);1-4,9-10,23H,5-8H2;2*3-6,8-9H,2,7H2,1H3,(H,22,23). The van der Waals surface area contributed by atoms with Crippen molar-refractivity contribution in [1.29, 1.82) is 0 Å². The fourth-order valence-corrected chi connectivity index (χ4v) is 23.0. The summed E-state index contributed by atoms with van der Waals surface area (Å²) in [5.41, 5.74) is 1.68. The Morgan fingerprint density at radius 2 is 0.671 bits per heavy atom. The van der Waals surface area contributed by atoms with Gasteiger partial charge in [-0.1, -0.05) is 80.6 Å². The zero-order chi connectivity index (χ0) is 97.8. The van der Waals surface area contributed by atoms with Crippen molar-refractivity contribution in [1.82, 2.24) is 35.1 Å². The van der Waals surface area contributed by atoms with E-state index in [1.165, 1.54) is 107 Å². The molecule has 0 unspecified atom stereocenters. The van der Waals surface area contributed by atoms with Crippen molar-refractivity contribution in [2.24, 2.45) is 0 Å². The van der Waals surface area contributed by atoms with Crippen LogP contribution in [0.4, 0.5) is 77.8 Å². The quantitative estimate of drug-likeness (QED) is 0.0535. The number of aromatic nitrogens is 5. The van der Waals surface area contributed by atoms with E-state index in [0.29, 0.717) is 194 Å². The number of rotatable bonds is 11. The van der Waals surface area contributed by atoms with Crippen LogP contribution >= 0.6 is 56.7 Å². The molecule has 4 N–H and O–H groups in total. The number of fused-ring (bicyclic) bond motifs is 20. The molecule has 34 heteroatoms. The summed E-state index contributed by atoms with van der Waals surface area (Å²) >= 11 is 6.33. The van der Waals surface area contributed by atoms with Gasteiger partial charge in [0.25, 0.3) is 0 Å². The van der Waals surface area contributed by atoms with E-state index in [9.17, 15) is 72.7 Å². The number of carbonyl (C=O) groups is 1. The summed E-state index contributed by atoms with van der Waals surface area (Å²) in [5, 5.41) is 18.7. The van der Waals surface area contributed by atoms with Crippen molar-refractivity contribution >= 4 is 247 Å². The Morgan fingerprint density at radius 3 is 1.09 bits per heavy atom. The summed E-state index contributed by atoms with van der Waals surface area (Å²) in [7, 11) is 0. The molecule has 140 heavy (non-hydrogen) atoms. The molecule has 21 aromatic rings. The second kappa shape index (κ2) is 39.4. The molecule has 2 aliphatic rings. The van der Waals surface area contributed by atoms with Gasteiger partial charge in [0.15, 0.2) is 27.1 Å². The van der Waals surface area contributed by atoms with Gasteiger partial charge in [0.2, 0.25) is 0 Å². The van der Waals surface area contributed by atoms with Crippen LogP contribution in [0.5, 0.6) is 0 Å². The first kappa shape index (κ1) is 94.4. The Morgan fingerprint density at radius 1 is 0.343 bits per heavy atom. The van der Waals surface area contributed by atoms with Crippen molar-refractivity contribution in [2.75, 3.05) is 91.2 Å². The molecule has 706 valence electrons. The number of ether oxygens (including phenoxy) is 1. The minimum absolute atomic E-state index is 0.0466. The fourth-order valence-electron chi connectivity index (χ4n) is 17.2. The highest BCUT2D eigenvalue weighted by Crippen LogP contribution is 2.43. The third kappa shape index (κ3) is 18.8. The number of hydrogen-bond donors (Lipinski definition) is 4. The molecule has 2 aliphatic heterocycles. The van der Waals surface area contributed by atoms with Gasteiger partial charge in [-0.25, -0.2) is 73.6 Å². The molecule has 0 spiro atoms. The third-order valence-electron chi connectivity index (χ3n) is 23.6. The molecule has 2 fully saturated rings. The van der Waals surface area contributed by atoms with E-state index in [4.69, 9.17) is 14.7 Å². The maximum Gasteiger partial charge on any atom is 0.410 e. The number of hydrogen-bond acceptors (Lipinski definition) is 23. The van der Waals surface area contributed by atoms with Crippen LogP contribution in [0.2, 0.25) is 0 Å². The number of nitrogens with one attached hydrogen (secondary N) is 4. The Balaban J connectivity index is 0.000000112. The number of amides is 1. The van der Waals surface area contributed by atoms with E-state index < -0.39 is 69.2 Å². The zero-order valence-electron chi connectivity index (χ0n) is 75.2. The second-order valence-corrected chi connectivity index (χ2v) is 39.5. The van der Waals surface area contributed by atoms with Gasteiger partial charge in [0.05, 0.1) is 87.4 Å². The number of para-hydroxylation sites is 2. The molecule has 0 atom stereocenters. The molecular formula is C106H80F10N12O7S5. The molecule has 19 nitrogen and oxygen atoms in total. The summed E-state index contributed by atoms with van der Waals surface area (Å²) in [6.07, 6.45) is 1.42. The Bertz CT molecular complexity index is 8980. The maximum atomic E-state index is 14.4. The highest BCUT2D eigenvalue weighted by Gasteiger charge is 2.31. The van der Waals surface area contributed by atoms with Crippen LogP contribution in [0.1, 0.15) is 53.0 Å². The van der Waals surface area contributed by atoms with Gasteiger partial charge in [0.1, 0.15) is 92.9 Å². The predicted molar refractivity (Wildman–Crippen MR) is 551 cm³/mol. The van der Waals surface area contributed by atoms with E-state index >= 15 is 0 Å². The van der Waals surface area contributed by atoms with Crippen molar-refractivity contribution in [3.8, 4) is 0 Å². The van der Waals surface area contributed by atoms with Crippen LogP contribution in [0.25, 0.3) is 155 Å². The van der Waals surface area contributed by atoms with E-state index in [1.54, 1.807) is 47.4 Å². The minimum atomic E-state index is -0.764. The first-order chi connectivity index (χ1) is 67.5. The van der Waals surface area contributed by atoms with E-state index in [1.807, 2.05) is 112 Å². The van der Waals surface area contributed by atoms with Gasteiger partial charge in [-0.3, -0.25) is 24.0 Å². The first-order valence-electron chi connectivity index (χ1n) is 44.7. The molecule has 23 rings (SSSR count). The lowest BCUT2D eigenvalue weighted by Crippen LogP contribution is -2.50. The molecule has 0 bridgehead atoms. The number of piperazine rings is 2.